The molecule has 7 nitrogen and oxygen atoms in total. The van der Waals surface area contributed by atoms with Crippen LogP contribution in [-0.4, -0.2) is 9.97 Å². The molecule has 0 atom stereocenters. The van der Waals surface area contributed by atoms with Crippen molar-refractivity contribution in [2.75, 3.05) is 0 Å². The Kier molecular flexibility index (Phi) is 6.96. The molecule has 36 heavy (non-hydrogen) atoms. The summed E-state index contributed by atoms with van der Waals surface area (Å²) in [5, 5.41) is 44.6. The van der Waals surface area contributed by atoms with Gasteiger partial charge in [-0.3, -0.25) is 0 Å². The minimum Gasteiger partial charge on any atom is -0.219 e. The molecule has 0 radical (unpaired) electrons. The predicted octanol–water partition coefficient (Wildman–Crippen LogP) is 3.20. The molecule has 0 spiro atoms. The average Bonchev–Trinajstić information content (AvgIpc) is 2.78. The number of hydrogen-bond donors (Lipinski definition) is 0. The number of aromatic nitrogens is 2. The van der Waals surface area contributed by atoms with Crippen molar-refractivity contribution in [1.82, 2.24) is 9.97 Å². The first kappa shape index (κ1) is 27.1. The molecule has 0 saturated heterocycles. The van der Waals surface area contributed by atoms with Crippen molar-refractivity contribution in [1.29, 1.82) is 26.3 Å². The van der Waals surface area contributed by atoms with Gasteiger partial charge in [0.15, 0.2) is 11.4 Å². The standard InChI is InChI=1S/C20H2F9N7/c21-18(22,23)15-14(16(19(24,25)26)36-17(35-15)20(27,28)29)13(7-34)12-2-8(3-30)11(1-9(12)4-31)10(5-32)6-33/h1-2H/b13-12+. The van der Waals surface area contributed by atoms with Crippen LogP contribution in [0.25, 0.3) is 11.1 Å². The quantitative estimate of drug-likeness (QED) is 0.535. The summed E-state index contributed by atoms with van der Waals surface area (Å²) in [6.45, 7) is 0. The van der Waals surface area contributed by atoms with Crippen molar-refractivity contribution in [3.05, 3.63) is 56.5 Å². The van der Waals surface area contributed by atoms with Crippen molar-refractivity contribution in [2.45, 2.75) is 18.5 Å². The van der Waals surface area contributed by atoms with Crippen LogP contribution >= 0.6 is 0 Å². The Morgan fingerprint density at radius 1 is 0.611 bits per heavy atom. The van der Waals surface area contributed by atoms with Gasteiger partial charge < -0.3 is 0 Å². The first-order chi connectivity index (χ1) is 16.5. The van der Waals surface area contributed by atoms with Gasteiger partial charge in [-0.25, -0.2) is 9.97 Å². The van der Waals surface area contributed by atoms with E-state index in [9.17, 15) is 55.3 Å². The summed E-state index contributed by atoms with van der Waals surface area (Å²) in [5.41, 5.74) is -11.8. The van der Waals surface area contributed by atoms with Gasteiger partial charge in [0.25, 0.3) is 0 Å². The van der Waals surface area contributed by atoms with Crippen LogP contribution in [0.15, 0.2) is 12.1 Å². The zero-order valence-electron chi connectivity index (χ0n) is 16.7. The van der Waals surface area contributed by atoms with Crippen LogP contribution in [0.2, 0.25) is 0 Å². The topological polar surface area (TPSA) is 145 Å². The smallest absolute Gasteiger partial charge is 0.219 e. The van der Waals surface area contributed by atoms with E-state index in [4.69, 9.17) is 10.5 Å². The molecule has 1 heterocycles. The zero-order chi connectivity index (χ0) is 27.6. The van der Waals surface area contributed by atoms with Crippen LogP contribution in [-0.2, 0) is 18.5 Å². The van der Waals surface area contributed by atoms with Crippen LogP contribution in [0.4, 0.5) is 39.5 Å². The maximum Gasteiger partial charge on any atom is 0.451 e. The molecular weight excluding hydrogens is 509 g/mol. The van der Waals surface area contributed by atoms with Crippen LogP contribution in [0.5, 0.6) is 0 Å². The number of benzene rings is 1. The van der Waals surface area contributed by atoms with Gasteiger partial charge in [-0.05, 0) is 12.1 Å². The molecule has 0 N–H and O–H groups in total. The van der Waals surface area contributed by atoms with Crippen molar-refractivity contribution >= 4 is 11.1 Å². The Morgan fingerprint density at radius 2 is 1.03 bits per heavy atom. The van der Waals surface area contributed by atoms with Gasteiger partial charge in [0.2, 0.25) is 5.82 Å². The lowest BCUT2D eigenvalue weighted by Crippen LogP contribution is -2.28. The van der Waals surface area contributed by atoms with Crippen molar-refractivity contribution in [3.63, 3.8) is 0 Å². The second-order valence-electron chi connectivity index (χ2n) is 6.37. The molecule has 0 aliphatic carbocycles. The van der Waals surface area contributed by atoms with E-state index in [1.807, 2.05) is 0 Å². The van der Waals surface area contributed by atoms with Crippen LogP contribution in [0.3, 0.4) is 0 Å². The molecule has 0 aliphatic rings. The summed E-state index contributed by atoms with van der Waals surface area (Å²) in [6, 6.07) is 7.47. The molecule has 2 aromatic rings. The number of nitriles is 5. The van der Waals surface area contributed by atoms with E-state index in [1.54, 1.807) is 0 Å². The summed E-state index contributed by atoms with van der Waals surface area (Å²) >= 11 is 0. The van der Waals surface area contributed by atoms with E-state index in [0.29, 0.717) is 12.1 Å². The minimum atomic E-state index is -5.98. The second kappa shape index (κ2) is 9.25. The fourth-order valence-corrected chi connectivity index (χ4v) is 2.83. The molecule has 0 bridgehead atoms. The molecule has 1 aromatic carbocycles. The maximum absolute atomic E-state index is 13.6. The molecule has 16 heteroatoms. The van der Waals surface area contributed by atoms with Gasteiger partial charge in [0.05, 0.1) is 34.4 Å². The molecular formula is C20H2F9N7. The van der Waals surface area contributed by atoms with Gasteiger partial charge in [0, 0.05) is 10.4 Å². The van der Waals surface area contributed by atoms with Gasteiger partial charge in [-0.2, -0.15) is 65.8 Å². The third-order valence-electron chi connectivity index (χ3n) is 4.22. The fraction of sp³-hybridized carbons (Fsp3) is 0.150. The number of hydrogen-bond acceptors (Lipinski definition) is 7. The van der Waals surface area contributed by atoms with Gasteiger partial charge in [-0.15, -0.1) is 0 Å². The van der Waals surface area contributed by atoms with E-state index < -0.39 is 74.0 Å². The molecule has 0 amide bonds. The normalized spacial score (nSPS) is 12.3. The fourth-order valence-electron chi connectivity index (χ4n) is 2.83. The Hall–Kier alpha value is -5.14. The first-order valence-corrected chi connectivity index (χ1v) is 8.62. The van der Waals surface area contributed by atoms with Gasteiger partial charge in [-0.1, -0.05) is 0 Å². The van der Waals surface area contributed by atoms with Crippen LogP contribution < -0.4 is 10.4 Å². The predicted molar refractivity (Wildman–Crippen MR) is 94.9 cm³/mol. The monoisotopic (exact) mass is 511 g/mol. The Morgan fingerprint density at radius 3 is 1.36 bits per heavy atom. The number of rotatable bonds is 1. The summed E-state index contributed by atoms with van der Waals surface area (Å²) in [4.78, 5) is 4.37. The molecule has 0 unspecified atom stereocenters. The van der Waals surface area contributed by atoms with Crippen LogP contribution in [0, 0.1) is 56.7 Å². The van der Waals surface area contributed by atoms with Crippen molar-refractivity contribution in [3.8, 4) is 30.3 Å². The lowest BCUT2D eigenvalue weighted by Gasteiger charge is -2.19. The van der Waals surface area contributed by atoms with E-state index in [1.165, 1.54) is 24.3 Å². The van der Waals surface area contributed by atoms with Crippen molar-refractivity contribution < 1.29 is 39.5 Å². The summed E-state index contributed by atoms with van der Waals surface area (Å²) in [6.07, 6.45) is -17.8. The molecule has 0 aliphatic heterocycles. The third kappa shape index (κ3) is 5.01. The largest absolute Gasteiger partial charge is 0.451 e. The number of halogens is 9. The van der Waals surface area contributed by atoms with E-state index in [0.717, 1.165) is 6.07 Å². The Labute approximate surface area is 193 Å². The number of alkyl halides is 9. The summed E-state index contributed by atoms with van der Waals surface area (Å²) < 4.78 is 121. The molecule has 1 aromatic heterocycles. The third-order valence-corrected chi connectivity index (χ3v) is 4.22. The van der Waals surface area contributed by atoms with E-state index in [-0.39, 0.29) is 0 Å². The lowest BCUT2D eigenvalue weighted by molar-refractivity contribution is -0.159. The maximum atomic E-state index is 13.6. The highest BCUT2D eigenvalue weighted by molar-refractivity contribution is 5.81. The SMILES string of the molecule is N#CC(C#N)=c1cc(C#N)/c(=C(\C#N)c2c(C(F)(F)F)nc(C(F)(F)F)nc2C(F)(F)F)cc1C#N. The molecule has 2 rings (SSSR count). The minimum absolute atomic E-state index is 0.444. The first-order valence-electron chi connectivity index (χ1n) is 8.62. The molecule has 180 valence electrons. The van der Waals surface area contributed by atoms with E-state index in [2.05, 4.69) is 9.97 Å². The van der Waals surface area contributed by atoms with Gasteiger partial charge >= 0.3 is 18.5 Å². The molecule has 0 fully saturated rings. The highest BCUT2D eigenvalue weighted by atomic mass is 19.4. The number of nitrogens with zero attached hydrogens (tertiary/aromatic N) is 7. The second-order valence-corrected chi connectivity index (χ2v) is 6.37. The van der Waals surface area contributed by atoms with Crippen molar-refractivity contribution in [2.24, 2.45) is 0 Å². The summed E-state index contributed by atoms with van der Waals surface area (Å²) in [5.74, 6) is -2.79. The Balaban J connectivity index is 3.40. The molecule has 0 saturated carbocycles. The Bertz CT molecular complexity index is 1540. The van der Waals surface area contributed by atoms with Crippen LogP contribution in [0.1, 0.15) is 33.9 Å². The van der Waals surface area contributed by atoms with E-state index >= 15 is 0 Å². The average molecular weight is 511 g/mol. The highest BCUT2D eigenvalue weighted by Crippen LogP contribution is 2.42. The lowest BCUT2D eigenvalue weighted by atomic mass is 9.95. The van der Waals surface area contributed by atoms with Gasteiger partial charge in [0.1, 0.15) is 23.8 Å². The zero-order valence-corrected chi connectivity index (χ0v) is 16.7. The highest BCUT2D eigenvalue weighted by Gasteiger charge is 2.48. The summed E-state index contributed by atoms with van der Waals surface area (Å²) in [7, 11) is 0.